The first-order valence-corrected chi connectivity index (χ1v) is 4.10. The Kier molecular flexibility index (Phi) is 3.50. The molecule has 1 rings (SSSR count). The van der Waals surface area contributed by atoms with Crippen molar-refractivity contribution >= 4 is 17.7 Å². The van der Waals surface area contributed by atoms with Crippen molar-refractivity contribution in [2.75, 3.05) is 5.32 Å². The van der Waals surface area contributed by atoms with Crippen molar-refractivity contribution in [2.24, 2.45) is 0 Å². The fraction of sp³-hybridized carbons (Fsp3) is 0.111. The molecule has 0 aromatic carbocycles. The summed E-state index contributed by atoms with van der Waals surface area (Å²) in [6.07, 6.45) is 4.05. The van der Waals surface area contributed by atoms with Gasteiger partial charge in [-0.25, -0.2) is 14.8 Å². The Hall–Kier alpha value is -2.24. The molecule has 1 heterocycles. The number of carboxylic acid groups (broad SMARTS) is 1. The maximum atomic E-state index is 11.1. The van der Waals surface area contributed by atoms with Crippen LogP contribution in [0.1, 0.15) is 16.9 Å². The predicted molar refractivity (Wildman–Crippen MR) is 52.4 cm³/mol. The molecule has 0 saturated heterocycles. The molecular formula is C9H9N3O3. The number of aromatic nitrogens is 2. The quantitative estimate of drug-likeness (QED) is 0.708. The minimum atomic E-state index is -1.24. The van der Waals surface area contributed by atoms with Crippen LogP contribution >= 0.6 is 0 Å². The lowest BCUT2D eigenvalue weighted by atomic mass is 10.3. The number of carboxylic acids is 1. The van der Waals surface area contributed by atoms with Crippen molar-refractivity contribution in [3.8, 4) is 0 Å². The minimum Gasteiger partial charge on any atom is -0.476 e. The number of carbonyl (C=O) groups excluding carboxylic acids is 1. The highest BCUT2D eigenvalue weighted by Gasteiger charge is 2.13. The van der Waals surface area contributed by atoms with E-state index in [1.807, 2.05) is 0 Å². The molecule has 0 unspecified atom stereocenters. The molecule has 2 N–H and O–H groups in total. The molecule has 6 heteroatoms. The van der Waals surface area contributed by atoms with Crippen molar-refractivity contribution in [2.45, 2.75) is 6.42 Å². The van der Waals surface area contributed by atoms with E-state index in [2.05, 4.69) is 21.9 Å². The Balaban J connectivity index is 2.89. The SMILES string of the molecule is C=CCC(=O)Nc1nccnc1C(=O)O. The van der Waals surface area contributed by atoms with Gasteiger partial charge in [0, 0.05) is 18.8 Å². The topological polar surface area (TPSA) is 92.2 Å². The van der Waals surface area contributed by atoms with Gasteiger partial charge in [0.05, 0.1) is 0 Å². The largest absolute Gasteiger partial charge is 0.476 e. The van der Waals surface area contributed by atoms with Crippen LogP contribution in [0.5, 0.6) is 0 Å². The first-order valence-electron chi connectivity index (χ1n) is 4.10. The maximum absolute atomic E-state index is 11.1. The van der Waals surface area contributed by atoms with Crippen LogP contribution in [-0.2, 0) is 4.79 Å². The van der Waals surface area contributed by atoms with E-state index in [1.54, 1.807) is 0 Å². The molecule has 0 aliphatic carbocycles. The summed E-state index contributed by atoms with van der Waals surface area (Å²) >= 11 is 0. The molecule has 78 valence electrons. The van der Waals surface area contributed by atoms with Gasteiger partial charge in [0.15, 0.2) is 11.5 Å². The van der Waals surface area contributed by atoms with Crippen LogP contribution in [0.4, 0.5) is 5.82 Å². The second kappa shape index (κ2) is 4.85. The summed E-state index contributed by atoms with van der Waals surface area (Å²) in [6, 6.07) is 0. The summed E-state index contributed by atoms with van der Waals surface area (Å²) in [5, 5.41) is 11.1. The van der Waals surface area contributed by atoms with Gasteiger partial charge in [-0.15, -0.1) is 6.58 Å². The molecule has 0 atom stereocenters. The van der Waals surface area contributed by atoms with E-state index in [0.717, 1.165) is 0 Å². The van der Waals surface area contributed by atoms with Gasteiger partial charge in [-0.2, -0.15) is 0 Å². The number of nitrogens with zero attached hydrogens (tertiary/aromatic N) is 2. The summed E-state index contributed by atoms with van der Waals surface area (Å²) in [7, 11) is 0. The average molecular weight is 207 g/mol. The van der Waals surface area contributed by atoms with Crippen molar-refractivity contribution in [1.82, 2.24) is 9.97 Å². The third-order valence-electron chi connectivity index (χ3n) is 1.49. The number of hydrogen-bond acceptors (Lipinski definition) is 4. The number of aromatic carboxylic acids is 1. The third-order valence-corrected chi connectivity index (χ3v) is 1.49. The van der Waals surface area contributed by atoms with E-state index < -0.39 is 5.97 Å². The Bertz CT molecular complexity index is 403. The van der Waals surface area contributed by atoms with Crippen LogP contribution in [0.2, 0.25) is 0 Å². The van der Waals surface area contributed by atoms with Gasteiger partial charge in [-0.3, -0.25) is 4.79 Å². The summed E-state index contributed by atoms with van der Waals surface area (Å²) in [6.45, 7) is 3.39. The molecule has 15 heavy (non-hydrogen) atoms. The van der Waals surface area contributed by atoms with Gasteiger partial charge in [-0.1, -0.05) is 6.08 Å². The van der Waals surface area contributed by atoms with Crippen LogP contribution < -0.4 is 5.32 Å². The lowest BCUT2D eigenvalue weighted by Crippen LogP contribution is -2.15. The van der Waals surface area contributed by atoms with E-state index in [4.69, 9.17) is 5.11 Å². The smallest absolute Gasteiger partial charge is 0.358 e. The van der Waals surface area contributed by atoms with Crippen molar-refractivity contribution in [3.05, 3.63) is 30.7 Å². The van der Waals surface area contributed by atoms with Gasteiger partial charge in [0.25, 0.3) is 0 Å². The number of anilines is 1. The molecule has 0 aliphatic heterocycles. The molecule has 6 nitrogen and oxygen atoms in total. The van der Waals surface area contributed by atoms with E-state index in [1.165, 1.54) is 18.5 Å². The maximum Gasteiger partial charge on any atom is 0.358 e. The predicted octanol–water partition coefficient (Wildman–Crippen LogP) is 0.689. The third kappa shape index (κ3) is 2.87. The number of hydrogen-bond donors (Lipinski definition) is 2. The Morgan fingerprint density at radius 3 is 2.73 bits per heavy atom. The average Bonchev–Trinajstić information content (AvgIpc) is 2.18. The fourth-order valence-corrected chi connectivity index (χ4v) is 0.900. The van der Waals surface area contributed by atoms with Crippen LogP contribution in [0.25, 0.3) is 0 Å². The summed E-state index contributed by atoms with van der Waals surface area (Å²) in [4.78, 5) is 29.1. The van der Waals surface area contributed by atoms with E-state index in [-0.39, 0.29) is 23.8 Å². The number of nitrogens with one attached hydrogen (secondary N) is 1. The number of amides is 1. The minimum absolute atomic E-state index is 0.0585. The van der Waals surface area contributed by atoms with Gasteiger partial charge >= 0.3 is 5.97 Å². The van der Waals surface area contributed by atoms with Crippen LogP contribution in [0.3, 0.4) is 0 Å². The highest BCUT2D eigenvalue weighted by Crippen LogP contribution is 2.08. The van der Waals surface area contributed by atoms with E-state index >= 15 is 0 Å². The lowest BCUT2D eigenvalue weighted by molar-refractivity contribution is -0.115. The molecule has 1 amide bonds. The molecule has 0 fully saturated rings. The van der Waals surface area contributed by atoms with Gasteiger partial charge in [0.2, 0.25) is 5.91 Å². The number of rotatable bonds is 4. The van der Waals surface area contributed by atoms with Gasteiger partial charge in [0.1, 0.15) is 0 Å². The first-order chi connectivity index (χ1) is 7.15. The normalized spacial score (nSPS) is 9.33. The zero-order chi connectivity index (χ0) is 11.3. The standard InChI is InChI=1S/C9H9N3O3/c1-2-3-6(13)12-8-7(9(14)15)10-4-5-11-8/h2,4-5H,1,3H2,(H,14,15)(H,11,12,13). The second-order valence-corrected chi connectivity index (χ2v) is 2.60. The highest BCUT2D eigenvalue weighted by molar-refractivity contribution is 5.98. The zero-order valence-electron chi connectivity index (χ0n) is 7.80. The van der Waals surface area contributed by atoms with Crippen LogP contribution in [0.15, 0.2) is 25.0 Å². The Morgan fingerprint density at radius 1 is 1.47 bits per heavy atom. The summed E-state index contributed by atoms with van der Waals surface area (Å²) in [5.74, 6) is -1.68. The summed E-state index contributed by atoms with van der Waals surface area (Å²) < 4.78 is 0. The van der Waals surface area contributed by atoms with Crippen molar-refractivity contribution < 1.29 is 14.7 Å². The van der Waals surface area contributed by atoms with Crippen molar-refractivity contribution in [1.29, 1.82) is 0 Å². The van der Waals surface area contributed by atoms with Crippen molar-refractivity contribution in [3.63, 3.8) is 0 Å². The zero-order valence-corrected chi connectivity index (χ0v) is 7.80. The lowest BCUT2D eigenvalue weighted by Gasteiger charge is -2.04. The fourth-order valence-electron chi connectivity index (χ4n) is 0.900. The molecule has 1 aromatic rings. The molecular weight excluding hydrogens is 198 g/mol. The Morgan fingerprint density at radius 2 is 2.13 bits per heavy atom. The molecule has 0 saturated carbocycles. The highest BCUT2D eigenvalue weighted by atomic mass is 16.4. The first kappa shape index (κ1) is 10.8. The molecule has 0 aliphatic rings. The van der Waals surface area contributed by atoms with Crippen LogP contribution in [0, 0.1) is 0 Å². The number of carbonyl (C=O) groups is 2. The van der Waals surface area contributed by atoms with Gasteiger partial charge in [-0.05, 0) is 0 Å². The molecule has 0 bridgehead atoms. The summed E-state index contributed by atoms with van der Waals surface area (Å²) in [5.41, 5.74) is -0.282. The van der Waals surface area contributed by atoms with E-state index in [0.29, 0.717) is 0 Å². The monoisotopic (exact) mass is 207 g/mol. The van der Waals surface area contributed by atoms with E-state index in [9.17, 15) is 9.59 Å². The van der Waals surface area contributed by atoms with Gasteiger partial charge < -0.3 is 10.4 Å². The molecule has 0 spiro atoms. The Labute approximate surface area is 85.7 Å². The van der Waals surface area contributed by atoms with Crippen LogP contribution in [-0.4, -0.2) is 27.0 Å². The molecule has 0 radical (unpaired) electrons. The second-order valence-electron chi connectivity index (χ2n) is 2.60. The molecule has 1 aromatic heterocycles.